The first-order valence-electron chi connectivity index (χ1n) is 6.83. The van der Waals surface area contributed by atoms with E-state index in [9.17, 15) is 0 Å². The molecule has 1 saturated heterocycles. The number of hydrogen-bond donors (Lipinski definition) is 0. The molecule has 0 N–H and O–H groups in total. The van der Waals surface area contributed by atoms with Crippen molar-refractivity contribution in [2.45, 2.75) is 6.29 Å². The molecule has 1 heterocycles. The molecule has 0 atom stereocenters. The first kappa shape index (κ1) is 19.0. The Labute approximate surface area is 145 Å². The quantitative estimate of drug-likeness (QED) is 0.687. The predicted molar refractivity (Wildman–Crippen MR) is 94.2 cm³/mol. The first-order valence-corrected chi connectivity index (χ1v) is 8.71. The van der Waals surface area contributed by atoms with E-state index in [4.69, 9.17) is 14.2 Å². The van der Waals surface area contributed by atoms with Crippen LogP contribution in [-0.4, -0.2) is 31.2 Å². The van der Waals surface area contributed by atoms with Gasteiger partial charge in [-0.05, 0) is 24.3 Å². The van der Waals surface area contributed by atoms with Crippen LogP contribution in [0.25, 0.3) is 0 Å². The van der Waals surface area contributed by atoms with E-state index in [0.717, 1.165) is 30.0 Å². The molecule has 0 aromatic heterocycles. The molecule has 1 aliphatic heterocycles. The summed E-state index contributed by atoms with van der Waals surface area (Å²) in [5.74, 6) is 1.74. The maximum Gasteiger partial charge on any atom is 0.167 e. The highest BCUT2D eigenvalue weighted by molar-refractivity contribution is 9.09. The van der Waals surface area contributed by atoms with Crippen LogP contribution in [0.1, 0.15) is 0 Å². The summed E-state index contributed by atoms with van der Waals surface area (Å²) in [4.78, 5) is 0. The summed E-state index contributed by atoms with van der Waals surface area (Å²) in [6.45, 7) is 1.49. The highest BCUT2D eigenvalue weighted by Gasteiger charge is 2.12. The van der Waals surface area contributed by atoms with E-state index in [1.807, 2.05) is 60.7 Å². The second-order valence-corrected chi connectivity index (χ2v) is 4.70. The average Bonchev–Trinajstić information content (AvgIpc) is 3.13. The fraction of sp³-hybridized carbons (Fsp3) is 0.294. The lowest BCUT2D eigenvalue weighted by Crippen LogP contribution is -2.07. The van der Waals surface area contributed by atoms with Gasteiger partial charge in [-0.15, -0.1) is 11.6 Å². The molecule has 2 aromatic rings. The zero-order valence-electron chi connectivity index (χ0n) is 12.5. The molecule has 1 aliphatic rings. The minimum Gasteiger partial charge on any atom is -0.457 e. The summed E-state index contributed by atoms with van der Waals surface area (Å²) in [6, 6.07) is 19.5. The van der Waals surface area contributed by atoms with Crippen molar-refractivity contribution >= 4 is 27.5 Å². The molecule has 2 aromatic carbocycles. The van der Waals surface area contributed by atoms with E-state index in [2.05, 4.69) is 27.5 Å². The number of alkyl halides is 2. The van der Waals surface area contributed by atoms with Crippen molar-refractivity contribution in [2.75, 3.05) is 24.9 Å². The lowest BCUT2D eigenvalue weighted by molar-refractivity contribution is -0.0205. The van der Waals surface area contributed by atoms with Gasteiger partial charge in [-0.2, -0.15) is 0 Å². The third-order valence-electron chi connectivity index (χ3n) is 2.54. The molecule has 1 fully saturated rings. The van der Waals surface area contributed by atoms with E-state index in [1.54, 1.807) is 0 Å². The summed E-state index contributed by atoms with van der Waals surface area (Å²) in [5.41, 5.74) is 0. The summed E-state index contributed by atoms with van der Waals surface area (Å²) < 4.78 is 15.6. The Bertz CT molecular complexity index is 438. The van der Waals surface area contributed by atoms with Gasteiger partial charge >= 0.3 is 0 Å². The number of halogens is 2. The van der Waals surface area contributed by atoms with Gasteiger partial charge < -0.3 is 14.2 Å². The maximum atomic E-state index is 5.58. The number of ether oxygens (including phenoxy) is 3. The standard InChI is InChI=1S/C12H10O.C4H7BrO2.CH3Cl/c1-3-7-11(8-4-1)13-12-9-5-2-6-10-12;5-3-4-6-1-2-7-4;1-2/h1-10H;4H,1-3H2;1H3. The number of benzene rings is 2. The van der Waals surface area contributed by atoms with Crippen molar-refractivity contribution in [3.05, 3.63) is 60.7 Å². The molecule has 0 amide bonds. The van der Waals surface area contributed by atoms with Crippen LogP contribution in [0.4, 0.5) is 0 Å². The molecule has 3 nitrogen and oxygen atoms in total. The van der Waals surface area contributed by atoms with E-state index in [-0.39, 0.29) is 6.29 Å². The molecule has 3 rings (SSSR count). The van der Waals surface area contributed by atoms with Gasteiger partial charge in [0.15, 0.2) is 6.29 Å². The van der Waals surface area contributed by atoms with Gasteiger partial charge in [-0.1, -0.05) is 52.3 Å². The number of para-hydroxylation sites is 2. The molecule has 0 bridgehead atoms. The Kier molecular flexibility index (Phi) is 10.8. The molecule has 0 spiro atoms. The lowest BCUT2D eigenvalue weighted by Gasteiger charge is -2.03. The van der Waals surface area contributed by atoms with E-state index in [1.165, 1.54) is 6.38 Å². The second-order valence-electron chi connectivity index (χ2n) is 4.05. The summed E-state index contributed by atoms with van der Waals surface area (Å²) in [6.07, 6.45) is 1.49. The van der Waals surface area contributed by atoms with Crippen molar-refractivity contribution in [3.8, 4) is 11.5 Å². The zero-order chi connectivity index (χ0) is 16.0. The van der Waals surface area contributed by atoms with E-state index < -0.39 is 0 Å². The molecule has 120 valence electrons. The minimum atomic E-state index is 0.0139. The largest absolute Gasteiger partial charge is 0.457 e. The molecule has 0 unspecified atom stereocenters. The smallest absolute Gasteiger partial charge is 0.167 e. The van der Waals surface area contributed by atoms with Gasteiger partial charge in [0, 0.05) is 6.38 Å². The predicted octanol–water partition coefficient (Wildman–Crippen LogP) is 5.09. The Morgan fingerprint density at radius 1 is 0.909 bits per heavy atom. The zero-order valence-corrected chi connectivity index (χ0v) is 14.8. The average molecular weight is 388 g/mol. The van der Waals surface area contributed by atoms with Crippen LogP contribution >= 0.6 is 27.5 Å². The number of rotatable bonds is 3. The van der Waals surface area contributed by atoms with Crippen molar-refractivity contribution in [1.29, 1.82) is 0 Å². The van der Waals surface area contributed by atoms with E-state index in [0.29, 0.717) is 0 Å². The van der Waals surface area contributed by atoms with Gasteiger partial charge in [0.2, 0.25) is 0 Å². The van der Waals surface area contributed by atoms with Gasteiger partial charge in [0.1, 0.15) is 11.5 Å². The van der Waals surface area contributed by atoms with Gasteiger partial charge in [0.05, 0.1) is 18.5 Å². The molecular formula is C17H20BrClO3. The van der Waals surface area contributed by atoms with Crippen molar-refractivity contribution in [3.63, 3.8) is 0 Å². The van der Waals surface area contributed by atoms with Crippen molar-refractivity contribution in [2.24, 2.45) is 0 Å². The molecule has 0 aliphatic carbocycles. The van der Waals surface area contributed by atoms with Crippen LogP contribution in [0.15, 0.2) is 60.7 Å². The summed E-state index contributed by atoms with van der Waals surface area (Å²) in [7, 11) is 0. The Hall–Kier alpha value is -1.07. The molecule has 22 heavy (non-hydrogen) atoms. The van der Waals surface area contributed by atoms with Gasteiger partial charge in [-0.3, -0.25) is 0 Å². The SMILES string of the molecule is BrCC1OCCO1.CCl.c1ccc(Oc2ccccc2)cc1. The molecule has 0 radical (unpaired) electrons. The monoisotopic (exact) mass is 386 g/mol. The fourth-order valence-electron chi connectivity index (χ4n) is 1.61. The van der Waals surface area contributed by atoms with Crippen LogP contribution in [0, 0.1) is 0 Å². The van der Waals surface area contributed by atoms with Crippen LogP contribution in [0.2, 0.25) is 0 Å². The summed E-state index contributed by atoms with van der Waals surface area (Å²) >= 11 is 7.87. The van der Waals surface area contributed by atoms with Crippen LogP contribution < -0.4 is 4.74 Å². The highest BCUT2D eigenvalue weighted by Crippen LogP contribution is 2.19. The van der Waals surface area contributed by atoms with Crippen LogP contribution in [-0.2, 0) is 9.47 Å². The van der Waals surface area contributed by atoms with Crippen LogP contribution in [0.5, 0.6) is 11.5 Å². The second kappa shape index (κ2) is 12.5. The first-order chi connectivity index (χ1) is 10.9. The van der Waals surface area contributed by atoms with Gasteiger partial charge in [0.25, 0.3) is 0 Å². The maximum absolute atomic E-state index is 5.58. The fourth-order valence-corrected chi connectivity index (χ4v) is 1.98. The van der Waals surface area contributed by atoms with Crippen LogP contribution in [0.3, 0.4) is 0 Å². The van der Waals surface area contributed by atoms with Gasteiger partial charge in [-0.25, -0.2) is 0 Å². The van der Waals surface area contributed by atoms with E-state index >= 15 is 0 Å². The highest BCUT2D eigenvalue weighted by atomic mass is 79.9. The lowest BCUT2D eigenvalue weighted by atomic mass is 10.3. The molecular weight excluding hydrogens is 368 g/mol. The molecule has 5 heteroatoms. The molecule has 0 saturated carbocycles. The normalized spacial score (nSPS) is 13.4. The van der Waals surface area contributed by atoms with Crippen molar-refractivity contribution in [1.82, 2.24) is 0 Å². The van der Waals surface area contributed by atoms with Crippen molar-refractivity contribution < 1.29 is 14.2 Å². The Balaban J connectivity index is 0.000000228. The number of hydrogen-bond acceptors (Lipinski definition) is 3. The Morgan fingerprint density at radius 2 is 1.32 bits per heavy atom. The summed E-state index contributed by atoms with van der Waals surface area (Å²) in [5, 5.41) is 0.785. The Morgan fingerprint density at radius 3 is 1.64 bits per heavy atom. The minimum absolute atomic E-state index is 0.0139. The third kappa shape index (κ3) is 7.80. The topological polar surface area (TPSA) is 27.7 Å². The third-order valence-corrected chi connectivity index (χ3v) is 3.07.